The van der Waals surface area contributed by atoms with Gasteiger partial charge in [-0.2, -0.15) is 0 Å². The summed E-state index contributed by atoms with van der Waals surface area (Å²) in [7, 11) is -6.56. The van der Waals surface area contributed by atoms with Gasteiger partial charge in [0.2, 0.25) is 7.37 Å². The largest absolute Gasteiger partial charge is 2.00 e. The first-order valence-electron chi connectivity index (χ1n) is 15.4. The number of benzene rings is 2. The van der Waals surface area contributed by atoms with Crippen LogP contribution in [0.5, 0.6) is 11.5 Å². The first-order valence-corrected chi connectivity index (χ1v) is 19.4. The Balaban J connectivity index is 0.000000842. The van der Waals surface area contributed by atoms with E-state index in [1.165, 1.54) is 0 Å². The fourth-order valence-electron chi connectivity index (χ4n) is 4.97. The average Bonchev–Trinajstić information content (AvgIpc) is 2.78. The van der Waals surface area contributed by atoms with Crippen molar-refractivity contribution in [3.05, 3.63) is 57.6 Å². The quantitative estimate of drug-likeness (QED) is 0.209. The van der Waals surface area contributed by atoms with E-state index in [9.17, 15) is 24.2 Å². The van der Waals surface area contributed by atoms with Gasteiger partial charge in [-0.15, -0.1) is 0 Å². The zero-order valence-electron chi connectivity index (χ0n) is 30.7. The van der Waals surface area contributed by atoms with Gasteiger partial charge in [-0.3, -0.25) is 4.57 Å². The molecule has 2 unspecified atom stereocenters. The Hall–Kier alpha value is -0.360. The smallest absolute Gasteiger partial charge is 0.778 e. The summed E-state index contributed by atoms with van der Waals surface area (Å²) >= 11 is 0. The van der Waals surface area contributed by atoms with Crippen LogP contribution in [0.3, 0.4) is 0 Å². The third-order valence-corrected chi connectivity index (χ3v) is 10.3. The minimum Gasteiger partial charge on any atom is -0.778 e. The number of rotatable bonds is 8. The molecule has 7 nitrogen and oxygen atoms in total. The second-order valence-corrected chi connectivity index (χ2v) is 20.3. The maximum atomic E-state index is 12.5. The van der Waals surface area contributed by atoms with Gasteiger partial charge in [0.1, 0.15) is 19.1 Å². The van der Waals surface area contributed by atoms with E-state index in [1.54, 1.807) is 25.7 Å². The van der Waals surface area contributed by atoms with Crippen molar-refractivity contribution < 1.29 is 33.3 Å². The van der Waals surface area contributed by atoms with Crippen LogP contribution in [0.2, 0.25) is 0 Å². The van der Waals surface area contributed by atoms with Gasteiger partial charge in [-0.25, -0.2) is 0 Å². The van der Waals surface area contributed by atoms with Crippen molar-refractivity contribution in [3.63, 3.8) is 0 Å². The van der Waals surface area contributed by atoms with E-state index >= 15 is 0 Å². The summed E-state index contributed by atoms with van der Waals surface area (Å²) in [6, 6.07) is 7.49. The van der Waals surface area contributed by atoms with Crippen molar-refractivity contribution in [1.82, 2.24) is 0 Å². The summed E-state index contributed by atoms with van der Waals surface area (Å²) in [6.07, 6.45) is 0.237. The van der Waals surface area contributed by atoms with Crippen molar-refractivity contribution in [2.75, 3.05) is 19.9 Å². The van der Waals surface area contributed by atoms with Gasteiger partial charge in [0, 0.05) is 19.0 Å². The van der Waals surface area contributed by atoms with Gasteiger partial charge >= 0.3 is 37.7 Å². The predicted octanol–water partition coefficient (Wildman–Crippen LogP) is 9.13. The Morgan fingerprint density at radius 2 is 0.867 bits per heavy atom. The SMILES string of the molecule is CCOP(=O)([O-])Cc1cc(C(C)(C)C)c(O)c(C(C)(C)C)c1.CCOP(C)(=O)Cc1cc(C(C)(C)C)c(O)c(C(C)(C)C)c1.[Ca+2]. The molecule has 2 rings (SSSR count). The van der Waals surface area contributed by atoms with Crippen LogP contribution < -0.4 is 4.89 Å². The molecular weight excluding hydrogens is 634 g/mol. The van der Waals surface area contributed by atoms with E-state index in [0.717, 1.165) is 27.8 Å². The summed E-state index contributed by atoms with van der Waals surface area (Å²) < 4.78 is 34.7. The van der Waals surface area contributed by atoms with Gasteiger partial charge in [0.25, 0.3) is 0 Å². The molecule has 2 aromatic rings. The third kappa shape index (κ3) is 14.0. The van der Waals surface area contributed by atoms with Crippen LogP contribution in [0.4, 0.5) is 0 Å². The van der Waals surface area contributed by atoms with Crippen molar-refractivity contribution in [1.29, 1.82) is 0 Å². The molecule has 0 amide bonds. The number of hydrogen-bond acceptors (Lipinski definition) is 7. The average molecular weight is 694 g/mol. The molecule has 45 heavy (non-hydrogen) atoms. The number of hydrogen-bond donors (Lipinski definition) is 2. The fraction of sp³-hybridized carbons (Fsp3) is 0.657. The van der Waals surface area contributed by atoms with Crippen LogP contribution in [-0.2, 0) is 52.2 Å². The van der Waals surface area contributed by atoms with Crippen LogP contribution in [0.1, 0.15) is 130 Å². The first kappa shape index (κ1) is 44.6. The number of aromatic hydroxyl groups is 2. The molecule has 0 radical (unpaired) electrons. The van der Waals surface area contributed by atoms with Gasteiger partial charge in [-0.1, -0.05) is 107 Å². The van der Waals surface area contributed by atoms with Gasteiger partial charge in [-0.05, 0) is 68.9 Å². The summed E-state index contributed by atoms with van der Waals surface area (Å²) in [4.78, 5) is 11.9. The Morgan fingerprint density at radius 3 is 1.11 bits per heavy atom. The van der Waals surface area contributed by atoms with Crippen LogP contribution in [0.15, 0.2) is 24.3 Å². The molecule has 0 heterocycles. The van der Waals surface area contributed by atoms with Crippen LogP contribution in [0.25, 0.3) is 0 Å². The van der Waals surface area contributed by atoms with E-state index in [2.05, 4.69) is 41.5 Å². The van der Waals surface area contributed by atoms with E-state index in [-0.39, 0.29) is 77.9 Å². The van der Waals surface area contributed by atoms with E-state index in [4.69, 9.17) is 9.05 Å². The van der Waals surface area contributed by atoms with Crippen molar-refractivity contribution in [3.8, 4) is 11.5 Å². The molecule has 0 aliphatic carbocycles. The molecule has 0 aliphatic heterocycles. The maximum absolute atomic E-state index is 12.5. The van der Waals surface area contributed by atoms with Crippen LogP contribution in [0, 0.1) is 0 Å². The van der Waals surface area contributed by atoms with E-state index < -0.39 is 15.0 Å². The Bertz CT molecular complexity index is 1200. The molecule has 0 fully saturated rings. The van der Waals surface area contributed by atoms with Gasteiger partial charge in [0.05, 0.1) is 13.2 Å². The van der Waals surface area contributed by atoms with E-state index in [0.29, 0.717) is 24.1 Å². The molecule has 0 aliphatic rings. The fourth-order valence-corrected chi connectivity index (χ4v) is 7.57. The normalized spacial score (nSPS) is 15.3. The first-order chi connectivity index (χ1) is 19.6. The number of phenolic OH excluding ortho intramolecular Hbond substituents is 2. The molecule has 10 heteroatoms. The minimum absolute atomic E-state index is 0. The summed E-state index contributed by atoms with van der Waals surface area (Å²) in [6.45, 7) is 30.2. The topological polar surface area (TPSA) is 116 Å². The Morgan fingerprint density at radius 1 is 0.600 bits per heavy atom. The molecule has 0 saturated heterocycles. The zero-order chi connectivity index (χ0) is 34.7. The van der Waals surface area contributed by atoms with Crippen LogP contribution in [-0.4, -0.2) is 67.8 Å². The molecule has 2 atom stereocenters. The predicted molar refractivity (Wildman–Crippen MR) is 189 cm³/mol. The van der Waals surface area contributed by atoms with Crippen molar-refractivity contribution >= 4 is 52.7 Å². The van der Waals surface area contributed by atoms with Crippen molar-refractivity contribution in [2.45, 2.75) is 131 Å². The summed E-state index contributed by atoms with van der Waals surface area (Å²) in [5.74, 6) is 0.604. The van der Waals surface area contributed by atoms with Gasteiger partial charge in [0.15, 0.2) is 0 Å². The standard InChI is InChI=1S/C18H31O3P.C17H29O4P.Ca/c1-9-21-22(8,20)12-13-10-14(17(2,3)4)16(19)15(11-13)18(5,6)7;1-8-21-22(19,20)11-12-9-13(16(2,3)4)15(18)14(10-12)17(5,6)7;/h10-11,19H,9,12H2,1-8H3;9-10,18H,8,11H2,1-7H3,(H,19,20);/q;;+2/p-1. The number of phenols is 2. The zero-order valence-corrected chi connectivity index (χ0v) is 34.7. The van der Waals surface area contributed by atoms with Crippen molar-refractivity contribution in [2.24, 2.45) is 0 Å². The Kier molecular flexibility index (Phi) is 16.2. The Labute approximate surface area is 303 Å². The monoisotopic (exact) mass is 693 g/mol. The molecule has 0 bridgehead atoms. The van der Waals surface area contributed by atoms with Crippen LogP contribution >= 0.6 is 15.0 Å². The molecule has 0 aromatic heterocycles. The molecule has 2 N–H and O–H groups in total. The summed E-state index contributed by atoms with van der Waals surface area (Å²) in [5, 5.41) is 21.3. The second-order valence-electron chi connectivity index (χ2n) is 15.9. The minimum atomic E-state index is -3.91. The molecule has 252 valence electrons. The maximum Gasteiger partial charge on any atom is 2.00 e. The molecule has 2 aromatic carbocycles. The second kappa shape index (κ2) is 16.4. The molecule has 0 spiro atoms. The third-order valence-electron chi connectivity index (χ3n) is 7.15. The van der Waals surface area contributed by atoms with E-state index in [1.807, 2.05) is 60.6 Å². The molecule has 0 saturated carbocycles. The molecular formula is C35H59CaO7P2+. The van der Waals surface area contributed by atoms with Gasteiger partial charge < -0.3 is 28.7 Å². The summed E-state index contributed by atoms with van der Waals surface area (Å²) in [5.41, 5.74) is 4.01.